The molecule has 2 heterocycles. The lowest BCUT2D eigenvalue weighted by molar-refractivity contribution is -0.144. The molecule has 0 aliphatic rings. The number of fused-ring (bicyclic) bond motifs is 1. The first-order chi connectivity index (χ1) is 16.0. The zero-order valence-electron chi connectivity index (χ0n) is 17.9. The molecule has 1 unspecified atom stereocenters. The van der Waals surface area contributed by atoms with Crippen molar-refractivity contribution in [3.05, 3.63) is 88.2 Å². The zero-order valence-corrected chi connectivity index (χ0v) is 18.7. The van der Waals surface area contributed by atoms with Crippen molar-refractivity contribution < 1.29 is 23.9 Å². The van der Waals surface area contributed by atoms with Gasteiger partial charge in [-0.1, -0.05) is 24.3 Å². The largest absolute Gasteiger partial charge is 0.497 e. The SMILES string of the molecule is COc1ccc(C(=O)COC(=O)C(Cc2c[nH]c3ccccc23)NC(=O)c2cccs2)cc1. The second-order valence-electron chi connectivity index (χ2n) is 7.33. The molecule has 0 spiro atoms. The normalized spacial score (nSPS) is 11.7. The Kier molecular flexibility index (Phi) is 6.85. The van der Waals surface area contributed by atoms with Crippen LogP contribution in [0.1, 0.15) is 25.6 Å². The molecule has 2 N–H and O–H groups in total. The third kappa shape index (κ3) is 5.30. The van der Waals surface area contributed by atoms with Crippen molar-refractivity contribution in [3.63, 3.8) is 0 Å². The first kappa shape index (κ1) is 22.3. The van der Waals surface area contributed by atoms with E-state index in [4.69, 9.17) is 9.47 Å². The number of benzene rings is 2. The van der Waals surface area contributed by atoms with Crippen molar-refractivity contribution in [3.8, 4) is 5.75 Å². The molecular formula is C25H22N2O5S. The van der Waals surface area contributed by atoms with Crippen molar-refractivity contribution >= 4 is 39.9 Å². The van der Waals surface area contributed by atoms with Gasteiger partial charge in [-0.2, -0.15) is 0 Å². The molecule has 1 amide bonds. The first-order valence-electron chi connectivity index (χ1n) is 10.3. The molecule has 2 aromatic carbocycles. The summed E-state index contributed by atoms with van der Waals surface area (Å²) in [6.45, 7) is -0.426. The summed E-state index contributed by atoms with van der Waals surface area (Å²) in [4.78, 5) is 41.7. The standard InChI is InChI=1S/C25H22N2O5S/c1-31-18-10-8-16(9-11-18)22(28)15-32-25(30)21(27-24(29)23-7-4-12-33-23)13-17-14-26-20-6-3-2-5-19(17)20/h2-12,14,21,26H,13,15H2,1H3,(H,27,29). The number of hydrogen-bond donors (Lipinski definition) is 2. The summed E-state index contributed by atoms with van der Waals surface area (Å²) in [6.07, 6.45) is 2.03. The van der Waals surface area contributed by atoms with Gasteiger partial charge in [0.15, 0.2) is 12.4 Å². The van der Waals surface area contributed by atoms with Crippen LogP contribution in [-0.2, 0) is 16.0 Å². The van der Waals surface area contributed by atoms with E-state index >= 15 is 0 Å². The molecule has 8 heteroatoms. The summed E-state index contributed by atoms with van der Waals surface area (Å²) in [5.74, 6) is -0.764. The molecule has 0 aliphatic heterocycles. The first-order valence-corrected chi connectivity index (χ1v) is 11.2. The maximum Gasteiger partial charge on any atom is 0.329 e. The molecule has 2 aromatic heterocycles. The lowest BCUT2D eigenvalue weighted by Gasteiger charge is -2.17. The van der Waals surface area contributed by atoms with Crippen LogP contribution >= 0.6 is 11.3 Å². The van der Waals surface area contributed by atoms with Gasteiger partial charge in [-0.3, -0.25) is 9.59 Å². The summed E-state index contributed by atoms with van der Waals surface area (Å²) in [6, 6.07) is 16.7. The van der Waals surface area contributed by atoms with Crippen LogP contribution in [0.3, 0.4) is 0 Å². The Balaban J connectivity index is 1.48. The lowest BCUT2D eigenvalue weighted by atomic mass is 10.0. The Hall–Kier alpha value is -3.91. The highest BCUT2D eigenvalue weighted by Gasteiger charge is 2.26. The number of carbonyl (C=O) groups excluding carboxylic acids is 3. The van der Waals surface area contributed by atoms with E-state index in [0.29, 0.717) is 16.2 Å². The smallest absolute Gasteiger partial charge is 0.329 e. The minimum absolute atomic E-state index is 0.219. The Morgan fingerprint density at radius 2 is 1.82 bits per heavy atom. The number of esters is 1. The lowest BCUT2D eigenvalue weighted by Crippen LogP contribution is -2.43. The molecule has 0 bridgehead atoms. The summed E-state index contributed by atoms with van der Waals surface area (Å²) < 4.78 is 10.4. The van der Waals surface area contributed by atoms with E-state index in [9.17, 15) is 14.4 Å². The van der Waals surface area contributed by atoms with Crippen LogP contribution in [0.25, 0.3) is 10.9 Å². The van der Waals surface area contributed by atoms with Gasteiger partial charge in [-0.15, -0.1) is 11.3 Å². The molecule has 168 valence electrons. The highest BCUT2D eigenvalue weighted by atomic mass is 32.1. The predicted molar refractivity (Wildman–Crippen MR) is 126 cm³/mol. The molecule has 4 rings (SSSR count). The zero-order chi connectivity index (χ0) is 23.2. The number of H-pyrrole nitrogens is 1. The molecule has 0 aliphatic carbocycles. The van der Waals surface area contributed by atoms with Gasteiger partial charge in [0.2, 0.25) is 0 Å². The Morgan fingerprint density at radius 3 is 2.55 bits per heavy atom. The van der Waals surface area contributed by atoms with Crippen LogP contribution < -0.4 is 10.1 Å². The fourth-order valence-electron chi connectivity index (χ4n) is 3.45. The van der Waals surface area contributed by atoms with Crippen molar-refractivity contribution in [2.24, 2.45) is 0 Å². The molecule has 0 fully saturated rings. The van der Waals surface area contributed by atoms with Crippen molar-refractivity contribution in [1.82, 2.24) is 10.3 Å². The number of ketones is 1. The average molecular weight is 463 g/mol. The molecule has 0 saturated carbocycles. The number of carbonyl (C=O) groups is 3. The number of rotatable bonds is 9. The van der Waals surface area contributed by atoms with Gasteiger partial charge < -0.3 is 19.8 Å². The number of aromatic nitrogens is 1. The minimum Gasteiger partial charge on any atom is -0.497 e. The maximum atomic E-state index is 12.9. The van der Waals surface area contributed by atoms with Crippen molar-refractivity contribution in [2.45, 2.75) is 12.5 Å². The molecular weight excluding hydrogens is 440 g/mol. The fraction of sp³-hybridized carbons (Fsp3) is 0.160. The second-order valence-corrected chi connectivity index (χ2v) is 8.27. The highest BCUT2D eigenvalue weighted by Crippen LogP contribution is 2.20. The van der Waals surface area contributed by atoms with Gasteiger partial charge in [0.1, 0.15) is 11.8 Å². The number of hydrogen-bond acceptors (Lipinski definition) is 6. The number of amides is 1. The van der Waals surface area contributed by atoms with E-state index in [2.05, 4.69) is 10.3 Å². The third-order valence-corrected chi connectivity index (χ3v) is 6.06. The molecule has 33 heavy (non-hydrogen) atoms. The summed E-state index contributed by atoms with van der Waals surface area (Å²) >= 11 is 1.28. The maximum absolute atomic E-state index is 12.9. The summed E-state index contributed by atoms with van der Waals surface area (Å²) in [5.41, 5.74) is 2.19. The third-order valence-electron chi connectivity index (χ3n) is 5.19. The van der Waals surface area contributed by atoms with Crippen LogP contribution in [0.4, 0.5) is 0 Å². The molecule has 7 nitrogen and oxygen atoms in total. The van der Waals surface area contributed by atoms with E-state index in [0.717, 1.165) is 16.5 Å². The predicted octanol–water partition coefficient (Wildman–Crippen LogP) is 4.01. The van der Waals surface area contributed by atoms with Crippen LogP contribution in [0.2, 0.25) is 0 Å². The van der Waals surface area contributed by atoms with Crippen LogP contribution in [0.15, 0.2) is 72.2 Å². The number of Topliss-reactive ketones (excluding diaryl/α,β-unsaturated/α-hetero) is 1. The number of nitrogens with one attached hydrogen (secondary N) is 2. The highest BCUT2D eigenvalue weighted by molar-refractivity contribution is 7.12. The number of methoxy groups -OCH3 is 1. The Morgan fingerprint density at radius 1 is 1.03 bits per heavy atom. The van der Waals surface area contributed by atoms with Gasteiger partial charge in [0.25, 0.3) is 5.91 Å². The van der Waals surface area contributed by atoms with Crippen molar-refractivity contribution in [2.75, 3.05) is 13.7 Å². The molecule has 0 saturated heterocycles. The molecule has 0 radical (unpaired) electrons. The second kappa shape index (κ2) is 10.1. The van der Waals surface area contributed by atoms with Gasteiger partial charge in [-0.25, -0.2) is 4.79 Å². The van der Waals surface area contributed by atoms with Gasteiger partial charge in [0, 0.05) is 29.1 Å². The van der Waals surface area contributed by atoms with E-state index in [-0.39, 0.29) is 18.1 Å². The Bertz CT molecular complexity index is 1260. The van der Waals surface area contributed by atoms with E-state index in [1.54, 1.807) is 41.8 Å². The quantitative estimate of drug-likeness (QED) is 0.289. The van der Waals surface area contributed by atoms with E-state index in [1.807, 2.05) is 30.5 Å². The fourth-order valence-corrected chi connectivity index (χ4v) is 4.08. The van der Waals surface area contributed by atoms with E-state index < -0.39 is 18.6 Å². The number of aromatic amines is 1. The summed E-state index contributed by atoms with van der Waals surface area (Å²) in [5, 5.41) is 5.50. The van der Waals surface area contributed by atoms with Gasteiger partial charge >= 0.3 is 5.97 Å². The molecule has 4 aromatic rings. The summed E-state index contributed by atoms with van der Waals surface area (Å²) in [7, 11) is 1.54. The monoisotopic (exact) mass is 462 g/mol. The Labute approximate surface area is 194 Å². The minimum atomic E-state index is -0.956. The van der Waals surface area contributed by atoms with E-state index in [1.165, 1.54) is 18.4 Å². The topological polar surface area (TPSA) is 97.5 Å². The number of para-hydroxylation sites is 1. The van der Waals surface area contributed by atoms with Crippen molar-refractivity contribution in [1.29, 1.82) is 0 Å². The number of thiophene rings is 1. The molecule has 1 atom stereocenters. The van der Waals surface area contributed by atoms with Crippen LogP contribution in [0.5, 0.6) is 5.75 Å². The number of ether oxygens (including phenoxy) is 2. The van der Waals surface area contributed by atoms with Gasteiger partial charge in [-0.05, 0) is 47.3 Å². The van der Waals surface area contributed by atoms with Crippen LogP contribution in [0, 0.1) is 0 Å². The average Bonchev–Trinajstić information content (AvgIpc) is 3.53. The van der Waals surface area contributed by atoms with Crippen LogP contribution in [-0.4, -0.2) is 42.4 Å². The van der Waals surface area contributed by atoms with Gasteiger partial charge in [0.05, 0.1) is 12.0 Å².